The maximum atomic E-state index is 12.2. The summed E-state index contributed by atoms with van der Waals surface area (Å²) in [4.78, 5) is 11.0. The van der Waals surface area contributed by atoms with E-state index in [9.17, 15) is 13.2 Å². The molecule has 2 rings (SSSR count). The molecule has 0 spiro atoms. The third-order valence-corrected chi connectivity index (χ3v) is 5.11. The zero-order valence-corrected chi connectivity index (χ0v) is 14.3. The molecule has 0 N–H and O–H groups in total. The van der Waals surface area contributed by atoms with Crippen molar-refractivity contribution >= 4 is 39.3 Å². The fourth-order valence-corrected chi connectivity index (χ4v) is 3.42. The summed E-state index contributed by atoms with van der Waals surface area (Å²) in [6, 6.07) is 10.3. The van der Waals surface area contributed by atoms with E-state index in [1.165, 1.54) is 37.4 Å². The zero-order chi connectivity index (χ0) is 17.0. The maximum Gasteiger partial charge on any atom is 0.340 e. The summed E-state index contributed by atoms with van der Waals surface area (Å²) in [5, 5.41) is 0.0150. The standard InChI is InChI=1S/C15H12Cl2O5S/c1-21-14(18)9-10-5-7-11(8-6-10)22-23(19,20)13-4-2-3-12(16)15(13)17/h2-8H,9H2,1H3. The Morgan fingerprint density at radius 3 is 2.35 bits per heavy atom. The van der Waals surface area contributed by atoms with E-state index in [1.54, 1.807) is 12.1 Å². The third kappa shape index (κ3) is 4.37. The van der Waals surface area contributed by atoms with Gasteiger partial charge in [0.1, 0.15) is 10.6 Å². The van der Waals surface area contributed by atoms with Crippen LogP contribution in [0.2, 0.25) is 10.0 Å². The van der Waals surface area contributed by atoms with Crippen molar-refractivity contribution in [3.63, 3.8) is 0 Å². The van der Waals surface area contributed by atoms with E-state index in [0.29, 0.717) is 5.56 Å². The van der Waals surface area contributed by atoms with Gasteiger partial charge in [0, 0.05) is 0 Å². The highest BCUT2D eigenvalue weighted by Gasteiger charge is 2.21. The Morgan fingerprint density at radius 1 is 1.09 bits per heavy atom. The quantitative estimate of drug-likeness (QED) is 0.591. The largest absolute Gasteiger partial charge is 0.469 e. The number of benzene rings is 2. The second-order valence-corrected chi connectivity index (χ2v) is 6.79. The van der Waals surface area contributed by atoms with Gasteiger partial charge in [0.25, 0.3) is 0 Å². The van der Waals surface area contributed by atoms with E-state index in [2.05, 4.69) is 4.74 Å². The Balaban J connectivity index is 2.21. The van der Waals surface area contributed by atoms with E-state index in [4.69, 9.17) is 27.4 Å². The smallest absolute Gasteiger partial charge is 0.340 e. The average Bonchev–Trinajstić information content (AvgIpc) is 2.51. The van der Waals surface area contributed by atoms with Crippen LogP contribution in [0.4, 0.5) is 0 Å². The molecule has 0 unspecified atom stereocenters. The normalized spacial score (nSPS) is 11.1. The highest BCUT2D eigenvalue weighted by molar-refractivity contribution is 7.87. The minimum atomic E-state index is -4.12. The van der Waals surface area contributed by atoms with Crippen molar-refractivity contribution < 1.29 is 22.1 Å². The van der Waals surface area contributed by atoms with Crippen LogP contribution in [-0.4, -0.2) is 21.5 Å². The molecule has 0 atom stereocenters. The molecule has 0 radical (unpaired) electrons. The molecule has 2 aromatic rings. The van der Waals surface area contributed by atoms with Gasteiger partial charge in [-0.15, -0.1) is 0 Å². The van der Waals surface area contributed by atoms with Crippen molar-refractivity contribution in [3.8, 4) is 5.75 Å². The van der Waals surface area contributed by atoms with Crippen molar-refractivity contribution in [2.75, 3.05) is 7.11 Å². The average molecular weight is 375 g/mol. The summed E-state index contributed by atoms with van der Waals surface area (Å²) < 4.78 is 34.1. The predicted octanol–water partition coefficient (Wildman–Crippen LogP) is 3.48. The lowest BCUT2D eigenvalue weighted by Crippen LogP contribution is -2.10. The highest BCUT2D eigenvalue weighted by atomic mass is 35.5. The zero-order valence-electron chi connectivity index (χ0n) is 12.0. The van der Waals surface area contributed by atoms with Crippen molar-refractivity contribution in [1.29, 1.82) is 0 Å². The van der Waals surface area contributed by atoms with Gasteiger partial charge in [0.15, 0.2) is 0 Å². The second kappa shape index (κ2) is 7.21. The lowest BCUT2D eigenvalue weighted by atomic mass is 10.1. The van der Waals surface area contributed by atoms with E-state index < -0.39 is 16.1 Å². The predicted molar refractivity (Wildman–Crippen MR) is 86.4 cm³/mol. The Morgan fingerprint density at radius 2 is 1.74 bits per heavy atom. The van der Waals surface area contributed by atoms with Gasteiger partial charge in [0.05, 0.1) is 23.6 Å². The van der Waals surface area contributed by atoms with Crippen molar-refractivity contribution in [3.05, 3.63) is 58.1 Å². The summed E-state index contributed by atoms with van der Waals surface area (Å²) in [5.74, 6) is -0.299. The van der Waals surface area contributed by atoms with Gasteiger partial charge in [-0.2, -0.15) is 8.42 Å². The molecule has 0 saturated heterocycles. The monoisotopic (exact) mass is 374 g/mol. The van der Waals surface area contributed by atoms with E-state index in [-0.39, 0.29) is 27.1 Å². The molecule has 23 heavy (non-hydrogen) atoms. The van der Waals surface area contributed by atoms with Gasteiger partial charge in [0.2, 0.25) is 0 Å². The number of ether oxygens (including phenoxy) is 1. The summed E-state index contributed by atoms with van der Waals surface area (Å²) >= 11 is 11.7. The number of hydrogen-bond donors (Lipinski definition) is 0. The molecule has 0 saturated carbocycles. The summed E-state index contributed by atoms with van der Waals surface area (Å²) in [7, 11) is -2.82. The topological polar surface area (TPSA) is 69.7 Å². The molecule has 0 aliphatic carbocycles. The molecule has 122 valence electrons. The van der Waals surface area contributed by atoms with Crippen LogP contribution in [-0.2, 0) is 26.1 Å². The second-order valence-electron chi connectivity index (χ2n) is 4.49. The van der Waals surface area contributed by atoms with Gasteiger partial charge in [-0.3, -0.25) is 4.79 Å². The molecule has 0 aromatic heterocycles. The lowest BCUT2D eigenvalue weighted by molar-refractivity contribution is -0.139. The van der Waals surface area contributed by atoms with Gasteiger partial charge in [-0.25, -0.2) is 0 Å². The van der Waals surface area contributed by atoms with Crippen molar-refractivity contribution in [1.82, 2.24) is 0 Å². The number of rotatable bonds is 5. The minimum Gasteiger partial charge on any atom is -0.469 e. The van der Waals surface area contributed by atoms with Crippen LogP contribution in [0.3, 0.4) is 0 Å². The lowest BCUT2D eigenvalue weighted by Gasteiger charge is -2.09. The van der Waals surface area contributed by atoms with Crippen LogP contribution in [0.25, 0.3) is 0 Å². The summed E-state index contributed by atoms with van der Waals surface area (Å²) in [5.41, 5.74) is 0.669. The van der Waals surface area contributed by atoms with E-state index >= 15 is 0 Å². The minimum absolute atomic E-state index is 0.0870. The van der Waals surface area contributed by atoms with Crippen molar-refractivity contribution in [2.45, 2.75) is 11.3 Å². The maximum absolute atomic E-state index is 12.2. The Kier molecular flexibility index (Phi) is 5.51. The SMILES string of the molecule is COC(=O)Cc1ccc(OS(=O)(=O)c2cccc(Cl)c2Cl)cc1. The van der Waals surface area contributed by atoms with Gasteiger partial charge < -0.3 is 8.92 Å². The van der Waals surface area contributed by atoms with E-state index in [1.807, 2.05) is 0 Å². The first-order chi connectivity index (χ1) is 10.8. The van der Waals surface area contributed by atoms with Gasteiger partial charge in [-0.1, -0.05) is 41.4 Å². The Labute approximate surface area is 143 Å². The number of halogens is 2. The fourth-order valence-electron chi connectivity index (χ4n) is 1.75. The third-order valence-electron chi connectivity index (χ3n) is 2.89. The molecule has 8 heteroatoms. The number of carbonyl (C=O) groups is 1. The van der Waals surface area contributed by atoms with Crippen LogP contribution in [0.5, 0.6) is 5.75 Å². The summed E-state index contributed by atoms with van der Waals surface area (Å²) in [6.07, 6.45) is 0.0870. The Hall–Kier alpha value is -1.76. The first-order valence-electron chi connectivity index (χ1n) is 6.38. The van der Waals surface area contributed by atoms with Crippen LogP contribution in [0, 0.1) is 0 Å². The number of carbonyl (C=O) groups excluding carboxylic acids is 1. The van der Waals surface area contributed by atoms with E-state index in [0.717, 1.165) is 0 Å². The molecule has 0 amide bonds. The van der Waals surface area contributed by atoms with Gasteiger partial charge in [-0.05, 0) is 29.8 Å². The first kappa shape index (κ1) is 17.6. The molecule has 0 bridgehead atoms. The molecule has 5 nitrogen and oxygen atoms in total. The first-order valence-corrected chi connectivity index (χ1v) is 8.54. The van der Waals surface area contributed by atoms with Crippen molar-refractivity contribution in [2.24, 2.45) is 0 Å². The highest BCUT2D eigenvalue weighted by Crippen LogP contribution is 2.30. The van der Waals surface area contributed by atoms with Crippen LogP contribution >= 0.6 is 23.2 Å². The van der Waals surface area contributed by atoms with Crippen LogP contribution in [0.1, 0.15) is 5.56 Å². The molecule has 0 aliphatic heterocycles. The molecule has 0 heterocycles. The fraction of sp³-hybridized carbons (Fsp3) is 0.133. The molecular weight excluding hydrogens is 363 g/mol. The molecule has 0 fully saturated rings. The van der Waals surface area contributed by atoms with Crippen LogP contribution < -0.4 is 4.18 Å². The number of hydrogen-bond acceptors (Lipinski definition) is 5. The van der Waals surface area contributed by atoms with Gasteiger partial charge >= 0.3 is 16.1 Å². The Bertz CT molecular complexity index is 816. The summed E-state index contributed by atoms with van der Waals surface area (Å²) in [6.45, 7) is 0. The van der Waals surface area contributed by atoms with Crippen LogP contribution in [0.15, 0.2) is 47.4 Å². The number of methoxy groups -OCH3 is 1. The molecule has 0 aliphatic rings. The number of esters is 1. The molecular formula is C15H12Cl2O5S. The molecule has 2 aromatic carbocycles.